The summed E-state index contributed by atoms with van der Waals surface area (Å²) < 4.78 is 7.41. The molecule has 7 heteroatoms. The summed E-state index contributed by atoms with van der Waals surface area (Å²) in [6.07, 6.45) is 7.92. The van der Waals surface area contributed by atoms with Crippen LogP contribution in [0.25, 0.3) is 5.69 Å². The number of benzene rings is 2. The number of nitrogens with zero attached hydrogens (tertiary/aromatic N) is 2. The average Bonchev–Trinajstić information content (AvgIpc) is 3.62. The molecule has 1 aromatic heterocycles. The van der Waals surface area contributed by atoms with Gasteiger partial charge in [0.05, 0.1) is 23.9 Å². The number of nitrogens with one attached hydrogen (secondary N) is 1. The van der Waals surface area contributed by atoms with Crippen molar-refractivity contribution in [1.29, 1.82) is 0 Å². The summed E-state index contributed by atoms with van der Waals surface area (Å²) in [6, 6.07) is 16.2. The zero-order valence-corrected chi connectivity index (χ0v) is 24.1. The molecule has 210 valence electrons. The molecule has 40 heavy (non-hydrogen) atoms. The Bertz CT molecular complexity index is 1380. The predicted molar refractivity (Wildman–Crippen MR) is 156 cm³/mol. The molecule has 3 aliphatic carbocycles. The van der Waals surface area contributed by atoms with Crippen LogP contribution in [0, 0.1) is 24.7 Å². The van der Waals surface area contributed by atoms with Gasteiger partial charge < -0.3 is 10.1 Å². The molecular formula is C33H38ClN3O3. The largest absolute Gasteiger partial charge is 0.466 e. The molecule has 2 fully saturated rings. The summed E-state index contributed by atoms with van der Waals surface area (Å²) in [5.41, 5.74) is 6.10. The fourth-order valence-corrected chi connectivity index (χ4v) is 7.55. The Morgan fingerprint density at radius 2 is 1.77 bits per heavy atom. The van der Waals surface area contributed by atoms with Crippen molar-refractivity contribution in [2.75, 3.05) is 6.61 Å². The highest BCUT2D eigenvalue weighted by atomic mass is 35.5. The molecule has 0 aliphatic heterocycles. The van der Waals surface area contributed by atoms with E-state index >= 15 is 0 Å². The second kappa shape index (κ2) is 11.4. The van der Waals surface area contributed by atoms with Crippen molar-refractivity contribution in [2.24, 2.45) is 17.8 Å². The molecule has 0 radical (unpaired) electrons. The van der Waals surface area contributed by atoms with E-state index in [4.69, 9.17) is 21.4 Å². The maximum absolute atomic E-state index is 14.0. The minimum Gasteiger partial charge on any atom is -0.466 e. The lowest BCUT2D eigenvalue weighted by Crippen LogP contribution is -2.47. The van der Waals surface area contributed by atoms with Crippen molar-refractivity contribution in [3.63, 3.8) is 0 Å². The van der Waals surface area contributed by atoms with Crippen molar-refractivity contribution < 1.29 is 14.3 Å². The van der Waals surface area contributed by atoms with Gasteiger partial charge in [0.25, 0.3) is 5.91 Å². The zero-order chi connectivity index (χ0) is 27.8. The molecule has 1 N–H and O–H groups in total. The number of fused-ring (bicyclic) bond motifs is 3. The van der Waals surface area contributed by atoms with Crippen LogP contribution in [0.15, 0.2) is 48.5 Å². The van der Waals surface area contributed by atoms with E-state index in [0.29, 0.717) is 23.2 Å². The van der Waals surface area contributed by atoms with Crippen molar-refractivity contribution in [2.45, 2.75) is 77.2 Å². The van der Waals surface area contributed by atoms with Gasteiger partial charge in [0, 0.05) is 22.5 Å². The summed E-state index contributed by atoms with van der Waals surface area (Å²) in [6.45, 7) is 4.30. The first-order chi connectivity index (χ1) is 19.4. The number of amides is 1. The minimum atomic E-state index is -0.270. The van der Waals surface area contributed by atoms with E-state index in [-0.39, 0.29) is 35.7 Å². The Hall–Kier alpha value is -3.12. The van der Waals surface area contributed by atoms with Gasteiger partial charge in [0.2, 0.25) is 0 Å². The molecule has 2 bridgehead atoms. The van der Waals surface area contributed by atoms with E-state index in [1.807, 2.05) is 35.9 Å². The smallest absolute Gasteiger partial charge is 0.311 e. The SMILES string of the molecule is CCOC(=O)[C@H]1C2CCC(C2)[C@H]1NC(=O)c1nn(-c2ccc(Cl)cc2)c2c1CCCCC2Cc1ccc(C)cc1. The van der Waals surface area contributed by atoms with Crippen molar-refractivity contribution in [3.05, 3.63) is 81.6 Å². The van der Waals surface area contributed by atoms with Gasteiger partial charge >= 0.3 is 5.97 Å². The van der Waals surface area contributed by atoms with Crippen LogP contribution in [0.3, 0.4) is 0 Å². The summed E-state index contributed by atoms with van der Waals surface area (Å²) >= 11 is 6.23. The second-order valence-electron chi connectivity index (χ2n) is 11.8. The maximum atomic E-state index is 14.0. The van der Waals surface area contributed by atoms with Crippen LogP contribution in [-0.4, -0.2) is 34.3 Å². The molecule has 5 atom stereocenters. The van der Waals surface area contributed by atoms with Crippen LogP contribution in [0.2, 0.25) is 5.02 Å². The van der Waals surface area contributed by atoms with Crippen LogP contribution in [0.1, 0.15) is 84.2 Å². The molecule has 3 unspecified atom stereocenters. The van der Waals surface area contributed by atoms with E-state index < -0.39 is 0 Å². The number of halogens is 1. The first kappa shape index (κ1) is 27.1. The number of ether oxygens (including phenoxy) is 1. The van der Waals surface area contributed by atoms with Gasteiger partial charge in [0.1, 0.15) is 0 Å². The maximum Gasteiger partial charge on any atom is 0.311 e. The molecule has 6 nitrogen and oxygen atoms in total. The van der Waals surface area contributed by atoms with E-state index in [1.165, 1.54) is 11.1 Å². The number of hydrogen-bond acceptors (Lipinski definition) is 4. The lowest BCUT2D eigenvalue weighted by Gasteiger charge is -2.30. The number of aromatic nitrogens is 2. The molecule has 0 spiro atoms. The quantitative estimate of drug-likeness (QED) is 0.262. The van der Waals surface area contributed by atoms with Gasteiger partial charge in [-0.25, -0.2) is 4.68 Å². The Labute approximate surface area is 241 Å². The zero-order valence-electron chi connectivity index (χ0n) is 23.4. The molecule has 2 aromatic carbocycles. The molecule has 3 aliphatic rings. The molecule has 2 saturated carbocycles. The third-order valence-electron chi connectivity index (χ3n) is 9.30. The number of carbonyl (C=O) groups excluding carboxylic acids is 2. The predicted octanol–water partition coefficient (Wildman–Crippen LogP) is 6.59. The highest BCUT2D eigenvalue weighted by Gasteiger charge is 2.52. The molecule has 1 amide bonds. The first-order valence-corrected chi connectivity index (χ1v) is 15.2. The number of esters is 1. The Balaban J connectivity index is 1.37. The highest BCUT2D eigenvalue weighted by Crippen LogP contribution is 2.49. The number of aryl methyl sites for hydroxylation is 1. The van der Waals surface area contributed by atoms with E-state index in [9.17, 15) is 9.59 Å². The average molecular weight is 560 g/mol. The van der Waals surface area contributed by atoms with E-state index in [2.05, 4.69) is 36.5 Å². The van der Waals surface area contributed by atoms with Gasteiger partial charge in [-0.3, -0.25) is 9.59 Å². The standard InChI is InChI=1S/C33H38ClN3O3/c1-3-40-33(39)28-22-12-13-23(19-22)29(28)35-32(38)30-27-7-5-4-6-24(18-21-10-8-20(2)9-11-21)31(27)37(36-30)26-16-14-25(34)15-17-26/h8-11,14-17,22-24,28-29H,3-7,12-13,18-19H2,1-2H3,(H,35,38)/t22?,23?,24?,28-,29+/m0/s1. The molecular weight excluding hydrogens is 522 g/mol. The Kier molecular flexibility index (Phi) is 7.71. The van der Waals surface area contributed by atoms with E-state index in [0.717, 1.165) is 68.3 Å². The van der Waals surface area contributed by atoms with Crippen molar-refractivity contribution in [1.82, 2.24) is 15.1 Å². The number of carbonyl (C=O) groups is 2. The van der Waals surface area contributed by atoms with Crippen LogP contribution in [-0.2, 0) is 22.4 Å². The van der Waals surface area contributed by atoms with Gasteiger partial charge in [-0.1, -0.05) is 47.9 Å². The van der Waals surface area contributed by atoms with Crippen LogP contribution < -0.4 is 5.32 Å². The van der Waals surface area contributed by atoms with Gasteiger partial charge in [-0.15, -0.1) is 0 Å². The Morgan fingerprint density at radius 3 is 2.52 bits per heavy atom. The lowest BCUT2D eigenvalue weighted by atomic mass is 9.84. The summed E-state index contributed by atoms with van der Waals surface area (Å²) in [7, 11) is 0. The van der Waals surface area contributed by atoms with Crippen molar-refractivity contribution >= 4 is 23.5 Å². The van der Waals surface area contributed by atoms with Gasteiger partial charge in [0.15, 0.2) is 5.69 Å². The van der Waals surface area contributed by atoms with Crippen LogP contribution in [0.5, 0.6) is 0 Å². The topological polar surface area (TPSA) is 73.2 Å². The number of hydrogen-bond donors (Lipinski definition) is 1. The third-order valence-corrected chi connectivity index (χ3v) is 9.55. The molecule has 3 aromatic rings. The van der Waals surface area contributed by atoms with Gasteiger partial charge in [-0.2, -0.15) is 5.10 Å². The third kappa shape index (κ3) is 5.18. The Morgan fingerprint density at radius 1 is 1.02 bits per heavy atom. The molecule has 1 heterocycles. The van der Waals surface area contributed by atoms with Crippen molar-refractivity contribution in [3.8, 4) is 5.69 Å². The normalized spacial score (nSPS) is 25.3. The first-order valence-electron chi connectivity index (χ1n) is 14.8. The molecule has 6 rings (SSSR count). The summed E-state index contributed by atoms with van der Waals surface area (Å²) in [5.74, 6) is 0.218. The van der Waals surface area contributed by atoms with Crippen LogP contribution in [0.4, 0.5) is 0 Å². The fourth-order valence-electron chi connectivity index (χ4n) is 7.42. The minimum absolute atomic E-state index is 0.174. The summed E-state index contributed by atoms with van der Waals surface area (Å²) in [5, 5.41) is 8.95. The molecule has 0 saturated heterocycles. The lowest BCUT2D eigenvalue weighted by molar-refractivity contribution is -0.150. The summed E-state index contributed by atoms with van der Waals surface area (Å²) in [4.78, 5) is 26.9. The van der Waals surface area contributed by atoms with Gasteiger partial charge in [-0.05, 0) is 100 Å². The highest BCUT2D eigenvalue weighted by molar-refractivity contribution is 6.30. The number of rotatable bonds is 7. The fraction of sp³-hybridized carbons (Fsp3) is 0.485. The van der Waals surface area contributed by atoms with E-state index in [1.54, 1.807) is 0 Å². The van der Waals surface area contributed by atoms with Crippen LogP contribution >= 0.6 is 11.6 Å². The second-order valence-corrected chi connectivity index (χ2v) is 12.3. The monoisotopic (exact) mass is 559 g/mol.